The van der Waals surface area contributed by atoms with Gasteiger partial charge in [0.1, 0.15) is 5.75 Å². The van der Waals surface area contributed by atoms with Gasteiger partial charge in [0.2, 0.25) is 5.91 Å². The molecule has 0 spiro atoms. The molecule has 1 aliphatic rings. The molecule has 0 saturated carbocycles. The molecule has 2 rings (SSSR count). The second-order valence-corrected chi connectivity index (χ2v) is 4.98. The topological polar surface area (TPSA) is 93.4 Å². The summed E-state index contributed by atoms with van der Waals surface area (Å²) < 4.78 is 5.19. The van der Waals surface area contributed by atoms with Crippen LogP contribution in [0.15, 0.2) is 24.3 Å². The van der Waals surface area contributed by atoms with E-state index in [0.717, 1.165) is 13.1 Å². The molecule has 2 amide bonds. The van der Waals surface area contributed by atoms with Gasteiger partial charge in [0.15, 0.2) is 6.61 Å². The summed E-state index contributed by atoms with van der Waals surface area (Å²) in [7, 11) is 0. The number of hydrogen-bond acceptors (Lipinski definition) is 4. The van der Waals surface area contributed by atoms with Crippen molar-refractivity contribution in [3.05, 3.63) is 24.3 Å². The van der Waals surface area contributed by atoms with Gasteiger partial charge in [0.25, 0.3) is 5.91 Å². The van der Waals surface area contributed by atoms with E-state index in [4.69, 9.17) is 10.5 Å². The average molecular weight is 314 g/mol. The Morgan fingerprint density at radius 2 is 2.19 bits per heavy atom. The molecular weight excluding hydrogens is 294 g/mol. The van der Waals surface area contributed by atoms with Gasteiger partial charge in [-0.05, 0) is 31.1 Å². The van der Waals surface area contributed by atoms with Crippen LogP contribution >= 0.6 is 12.4 Å². The summed E-state index contributed by atoms with van der Waals surface area (Å²) in [4.78, 5) is 22.7. The highest BCUT2D eigenvalue weighted by molar-refractivity contribution is 5.92. The molecule has 1 atom stereocenters. The van der Waals surface area contributed by atoms with Crippen molar-refractivity contribution < 1.29 is 14.3 Å². The van der Waals surface area contributed by atoms with Crippen molar-refractivity contribution in [3.8, 4) is 5.75 Å². The normalized spacial score (nSPS) is 15.3. The monoisotopic (exact) mass is 313 g/mol. The van der Waals surface area contributed by atoms with Gasteiger partial charge >= 0.3 is 0 Å². The maximum Gasteiger partial charge on any atom is 0.255 e. The molecule has 1 heterocycles. The Hall–Kier alpha value is -1.79. The summed E-state index contributed by atoms with van der Waals surface area (Å²) in [5, 5.41) is 6.01. The molecule has 0 radical (unpaired) electrons. The Balaban J connectivity index is 0.00000220. The van der Waals surface area contributed by atoms with Crippen molar-refractivity contribution in [1.29, 1.82) is 0 Å². The lowest BCUT2D eigenvalue weighted by Gasteiger charge is -2.31. The van der Waals surface area contributed by atoms with Gasteiger partial charge < -0.3 is 21.1 Å². The number of halogens is 1. The fraction of sp³-hybridized carbons (Fsp3) is 0.429. The number of carbonyl (C=O) groups is 2. The first-order valence-corrected chi connectivity index (χ1v) is 6.59. The molecular formula is C14H20ClN3O3. The van der Waals surface area contributed by atoms with Gasteiger partial charge in [0, 0.05) is 17.7 Å². The lowest BCUT2D eigenvalue weighted by atomic mass is 9.88. The zero-order valence-corrected chi connectivity index (χ0v) is 12.6. The van der Waals surface area contributed by atoms with Crippen LogP contribution in [0.25, 0.3) is 0 Å². The number of nitrogens with one attached hydrogen (secondary N) is 2. The van der Waals surface area contributed by atoms with Gasteiger partial charge in [-0.2, -0.15) is 0 Å². The molecule has 4 N–H and O–H groups in total. The summed E-state index contributed by atoms with van der Waals surface area (Å²) in [5.74, 6) is 0.310. The third kappa shape index (κ3) is 4.91. The van der Waals surface area contributed by atoms with Crippen molar-refractivity contribution in [2.24, 2.45) is 17.6 Å². The molecule has 1 fully saturated rings. The van der Waals surface area contributed by atoms with E-state index in [1.165, 1.54) is 0 Å². The van der Waals surface area contributed by atoms with Crippen LogP contribution in [-0.2, 0) is 9.59 Å². The van der Waals surface area contributed by atoms with Crippen LogP contribution in [0, 0.1) is 11.8 Å². The Labute approximate surface area is 129 Å². The molecule has 7 heteroatoms. The molecule has 0 aliphatic carbocycles. The van der Waals surface area contributed by atoms with Crippen LogP contribution in [0.3, 0.4) is 0 Å². The molecule has 1 aromatic carbocycles. The lowest BCUT2D eigenvalue weighted by molar-refractivity contribution is -0.121. The fourth-order valence-corrected chi connectivity index (χ4v) is 1.95. The van der Waals surface area contributed by atoms with Crippen molar-refractivity contribution in [3.63, 3.8) is 0 Å². The maximum absolute atomic E-state index is 12.1. The van der Waals surface area contributed by atoms with Gasteiger partial charge in [-0.25, -0.2) is 0 Å². The van der Waals surface area contributed by atoms with Crippen LogP contribution in [0.1, 0.15) is 6.92 Å². The fourth-order valence-electron chi connectivity index (χ4n) is 1.95. The molecule has 1 unspecified atom stereocenters. The van der Waals surface area contributed by atoms with E-state index in [0.29, 0.717) is 17.4 Å². The number of anilines is 1. The van der Waals surface area contributed by atoms with E-state index >= 15 is 0 Å². The highest BCUT2D eigenvalue weighted by Gasteiger charge is 2.28. The predicted molar refractivity (Wildman–Crippen MR) is 82.5 cm³/mol. The zero-order chi connectivity index (χ0) is 14.5. The molecule has 1 aromatic rings. The summed E-state index contributed by atoms with van der Waals surface area (Å²) in [6.45, 7) is 3.52. The number of benzene rings is 1. The average Bonchev–Trinajstić information content (AvgIpc) is 2.34. The Kier molecular flexibility index (Phi) is 6.45. The third-order valence-corrected chi connectivity index (χ3v) is 3.42. The Morgan fingerprint density at radius 1 is 1.48 bits per heavy atom. The number of rotatable bonds is 6. The SMILES string of the molecule is CC(C(=O)Nc1cccc(OCC(N)=O)c1)C1CNC1.Cl. The van der Waals surface area contributed by atoms with Crippen molar-refractivity contribution in [1.82, 2.24) is 5.32 Å². The summed E-state index contributed by atoms with van der Waals surface area (Å²) in [6.07, 6.45) is 0. The highest BCUT2D eigenvalue weighted by atomic mass is 35.5. The van der Waals surface area contributed by atoms with E-state index in [1.54, 1.807) is 24.3 Å². The predicted octanol–water partition coefficient (Wildman–Crippen LogP) is 0.766. The lowest BCUT2D eigenvalue weighted by Crippen LogP contribution is -2.48. The quantitative estimate of drug-likeness (QED) is 0.723. The highest BCUT2D eigenvalue weighted by Crippen LogP contribution is 2.21. The molecule has 0 bridgehead atoms. The van der Waals surface area contributed by atoms with Crippen LogP contribution in [-0.4, -0.2) is 31.5 Å². The molecule has 0 aromatic heterocycles. The minimum atomic E-state index is -0.537. The standard InChI is InChI=1S/C14H19N3O3.ClH/c1-9(10-6-16-7-10)14(19)17-11-3-2-4-12(5-11)20-8-13(15)18;/h2-5,9-10,16H,6-8H2,1H3,(H2,15,18)(H,17,19);1H. The molecule has 21 heavy (non-hydrogen) atoms. The number of carbonyl (C=O) groups excluding carboxylic acids is 2. The smallest absolute Gasteiger partial charge is 0.255 e. The number of amides is 2. The summed E-state index contributed by atoms with van der Waals surface area (Å²) in [5.41, 5.74) is 5.66. The van der Waals surface area contributed by atoms with Gasteiger partial charge in [-0.15, -0.1) is 12.4 Å². The summed E-state index contributed by atoms with van der Waals surface area (Å²) in [6, 6.07) is 6.91. The van der Waals surface area contributed by atoms with Gasteiger partial charge in [-0.3, -0.25) is 9.59 Å². The summed E-state index contributed by atoms with van der Waals surface area (Å²) >= 11 is 0. The minimum absolute atomic E-state index is 0. The van der Waals surface area contributed by atoms with Crippen molar-refractivity contribution >= 4 is 29.9 Å². The minimum Gasteiger partial charge on any atom is -0.484 e. The van der Waals surface area contributed by atoms with Crippen molar-refractivity contribution in [2.75, 3.05) is 25.0 Å². The number of hydrogen-bond donors (Lipinski definition) is 3. The van der Waals surface area contributed by atoms with E-state index in [1.807, 2.05) is 6.92 Å². The van der Waals surface area contributed by atoms with Crippen LogP contribution in [0.2, 0.25) is 0 Å². The second-order valence-electron chi connectivity index (χ2n) is 4.98. The first kappa shape index (κ1) is 17.3. The molecule has 1 aliphatic heterocycles. The number of ether oxygens (including phenoxy) is 1. The second kappa shape index (κ2) is 7.85. The van der Waals surface area contributed by atoms with Crippen LogP contribution in [0.5, 0.6) is 5.75 Å². The molecule has 6 nitrogen and oxygen atoms in total. The first-order chi connectivity index (χ1) is 9.56. The number of primary amides is 1. The maximum atomic E-state index is 12.1. The van der Waals surface area contributed by atoms with Crippen molar-refractivity contribution in [2.45, 2.75) is 6.92 Å². The van der Waals surface area contributed by atoms with Crippen LogP contribution in [0.4, 0.5) is 5.69 Å². The third-order valence-electron chi connectivity index (χ3n) is 3.42. The first-order valence-electron chi connectivity index (χ1n) is 6.59. The van der Waals surface area contributed by atoms with E-state index < -0.39 is 5.91 Å². The number of nitrogens with two attached hydrogens (primary N) is 1. The van der Waals surface area contributed by atoms with Crippen LogP contribution < -0.4 is 21.1 Å². The van der Waals surface area contributed by atoms with Gasteiger partial charge in [-0.1, -0.05) is 13.0 Å². The molecule has 116 valence electrons. The van der Waals surface area contributed by atoms with E-state index in [-0.39, 0.29) is 30.8 Å². The molecule has 1 saturated heterocycles. The van der Waals surface area contributed by atoms with E-state index in [9.17, 15) is 9.59 Å². The van der Waals surface area contributed by atoms with E-state index in [2.05, 4.69) is 10.6 Å². The zero-order valence-electron chi connectivity index (χ0n) is 11.8. The Bertz CT molecular complexity index is 506. The Morgan fingerprint density at radius 3 is 2.76 bits per heavy atom. The largest absolute Gasteiger partial charge is 0.484 e. The van der Waals surface area contributed by atoms with Gasteiger partial charge in [0.05, 0.1) is 0 Å².